The molecule has 7 heteroatoms. The smallest absolute Gasteiger partial charge is 0.156 e. The van der Waals surface area contributed by atoms with Crippen molar-refractivity contribution in [2.75, 3.05) is 12.3 Å². The Morgan fingerprint density at radius 3 is 3.05 bits per heavy atom. The highest BCUT2D eigenvalue weighted by atomic mass is 16.5. The number of nitrogens with one attached hydrogen (secondary N) is 1. The fourth-order valence-corrected chi connectivity index (χ4v) is 1.95. The van der Waals surface area contributed by atoms with E-state index in [9.17, 15) is 0 Å². The van der Waals surface area contributed by atoms with Crippen LogP contribution in [0.2, 0.25) is 0 Å². The normalized spacial score (nSPS) is 10.7. The number of pyridine rings is 1. The molecular formula is C14H16N6O. The summed E-state index contributed by atoms with van der Waals surface area (Å²) in [4.78, 5) is 4.30. The number of H-pyrrole nitrogens is 1. The first kappa shape index (κ1) is 13.2. The van der Waals surface area contributed by atoms with Crippen molar-refractivity contribution in [1.82, 2.24) is 25.0 Å². The summed E-state index contributed by atoms with van der Waals surface area (Å²) in [5, 5.41) is 10.9. The lowest BCUT2D eigenvalue weighted by molar-refractivity contribution is 0.317. The lowest BCUT2D eigenvalue weighted by Gasteiger charge is -2.06. The molecule has 0 aliphatic carbocycles. The molecule has 3 heterocycles. The molecule has 3 aromatic rings. The van der Waals surface area contributed by atoms with Gasteiger partial charge < -0.3 is 10.5 Å². The summed E-state index contributed by atoms with van der Waals surface area (Å²) in [5.74, 6) is 1.99. The molecular weight excluding hydrogens is 268 g/mol. The molecule has 0 radical (unpaired) electrons. The van der Waals surface area contributed by atoms with Gasteiger partial charge in [0.25, 0.3) is 0 Å². The summed E-state index contributed by atoms with van der Waals surface area (Å²) in [7, 11) is 0. The van der Waals surface area contributed by atoms with E-state index in [1.54, 1.807) is 23.3 Å². The van der Waals surface area contributed by atoms with Crippen molar-refractivity contribution >= 4 is 5.82 Å². The molecule has 3 rings (SSSR count). The fourth-order valence-electron chi connectivity index (χ4n) is 1.95. The number of ether oxygens (including phenoxy) is 1. The SMILES string of the molecule is CCCOc1ccnc(-n2cc(-c3cn[nH]c3N)cn2)c1. The topological polar surface area (TPSA) is 94.6 Å². The van der Waals surface area contributed by atoms with E-state index >= 15 is 0 Å². The quantitative estimate of drug-likeness (QED) is 0.747. The lowest BCUT2D eigenvalue weighted by atomic mass is 10.2. The second kappa shape index (κ2) is 5.66. The van der Waals surface area contributed by atoms with Gasteiger partial charge >= 0.3 is 0 Å². The number of aromatic nitrogens is 5. The second-order valence-electron chi connectivity index (χ2n) is 4.57. The predicted octanol–water partition coefficient (Wildman–Crippen LogP) is 2.03. The van der Waals surface area contributed by atoms with Gasteiger partial charge in [0.1, 0.15) is 11.6 Å². The van der Waals surface area contributed by atoms with Gasteiger partial charge in [0.05, 0.1) is 19.0 Å². The largest absolute Gasteiger partial charge is 0.493 e. The number of nitrogens with zero attached hydrogens (tertiary/aromatic N) is 4. The number of hydrogen-bond acceptors (Lipinski definition) is 5. The van der Waals surface area contributed by atoms with Gasteiger partial charge in [-0.1, -0.05) is 6.92 Å². The molecule has 7 nitrogen and oxygen atoms in total. The van der Waals surface area contributed by atoms with Crippen molar-refractivity contribution in [3.05, 3.63) is 36.9 Å². The molecule has 3 aromatic heterocycles. The van der Waals surface area contributed by atoms with Gasteiger partial charge in [0, 0.05) is 29.6 Å². The minimum absolute atomic E-state index is 0.516. The van der Waals surface area contributed by atoms with Crippen LogP contribution in [0.3, 0.4) is 0 Å². The summed E-state index contributed by atoms with van der Waals surface area (Å²) in [6, 6.07) is 3.68. The Kier molecular flexibility index (Phi) is 3.55. The van der Waals surface area contributed by atoms with Gasteiger partial charge in [-0.05, 0) is 12.5 Å². The molecule has 0 amide bonds. The van der Waals surface area contributed by atoms with Gasteiger partial charge in [0.2, 0.25) is 0 Å². The molecule has 0 unspecified atom stereocenters. The van der Waals surface area contributed by atoms with E-state index in [0.717, 1.165) is 23.3 Å². The molecule has 0 spiro atoms. The van der Waals surface area contributed by atoms with E-state index in [2.05, 4.69) is 27.2 Å². The van der Waals surface area contributed by atoms with Gasteiger partial charge in [-0.25, -0.2) is 9.67 Å². The molecule has 0 saturated heterocycles. The molecule has 0 bridgehead atoms. The zero-order valence-electron chi connectivity index (χ0n) is 11.7. The van der Waals surface area contributed by atoms with Crippen LogP contribution < -0.4 is 10.5 Å². The lowest BCUT2D eigenvalue weighted by Crippen LogP contribution is -2.00. The van der Waals surface area contributed by atoms with Crippen molar-refractivity contribution in [1.29, 1.82) is 0 Å². The van der Waals surface area contributed by atoms with Crippen LogP contribution in [0, 0.1) is 0 Å². The number of aromatic amines is 1. The molecule has 0 aliphatic heterocycles. The Hall–Kier alpha value is -2.83. The van der Waals surface area contributed by atoms with Crippen LogP contribution in [-0.4, -0.2) is 31.6 Å². The van der Waals surface area contributed by atoms with Crippen LogP contribution in [0.1, 0.15) is 13.3 Å². The third-order valence-electron chi connectivity index (χ3n) is 2.99. The standard InChI is InChI=1S/C14H16N6O/c1-2-5-21-11-3-4-16-13(6-11)20-9-10(7-18-20)12-8-17-19-14(12)15/h3-4,6-9H,2,5H2,1H3,(H3,15,17,19). The highest BCUT2D eigenvalue weighted by Crippen LogP contribution is 2.24. The Bertz CT molecular complexity index is 732. The van der Waals surface area contributed by atoms with Crippen LogP contribution >= 0.6 is 0 Å². The Labute approximate surface area is 121 Å². The number of nitrogens with two attached hydrogens (primary N) is 1. The molecule has 0 aliphatic rings. The summed E-state index contributed by atoms with van der Waals surface area (Å²) in [6.45, 7) is 2.75. The molecule has 0 fully saturated rings. The molecule has 0 saturated carbocycles. The van der Waals surface area contributed by atoms with E-state index in [1.165, 1.54) is 0 Å². The predicted molar refractivity (Wildman–Crippen MR) is 79.1 cm³/mol. The van der Waals surface area contributed by atoms with E-state index in [0.29, 0.717) is 18.2 Å². The zero-order chi connectivity index (χ0) is 14.7. The van der Waals surface area contributed by atoms with Gasteiger partial charge in [-0.15, -0.1) is 0 Å². The summed E-state index contributed by atoms with van der Waals surface area (Å²) < 4.78 is 7.28. The van der Waals surface area contributed by atoms with Crippen molar-refractivity contribution in [2.45, 2.75) is 13.3 Å². The first-order valence-corrected chi connectivity index (χ1v) is 6.71. The van der Waals surface area contributed by atoms with Crippen molar-refractivity contribution in [2.24, 2.45) is 0 Å². The van der Waals surface area contributed by atoms with Crippen molar-refractivity contribution < 1.29 is 4.74 Å². The van der Waals surface area contributed by atoms with Crippen LogP contribution in [0.4, 0.5) is 5.82 Å². The number of rotatable bonds is 5. The molecule has 0 atom stereocenters. The summed E-state index contributed by atoms with van der Waals surface area (Å²) in [6.07, 6.45) is 7.91. The highest BCUT2D eigenvalue weighted by molar-refractivity contribution is 5.72. The van der Waals surface area contributed by atoms with Crippen LogP contribution in [0.15, 0.2) is 36.9 Å². The number of anilines is 1. The third-order valence-corrected chi connectivity index (χ3v) is 2.99. The number of nitrogen functional groups attached to an aromatic ring is 1. The van der Waals surface area contributed by atoms with Crippen LogP contribution in [0.5, 0.6) is 5.75 Å². The van der Waals surface area contributed by atoms with E-state index in [1.807, 2.05) is 18.3 Å². The third kappa shape index (κ3) is 2.71. The van der Waals surface area contributed by atoms with Crippen LogP contribution in [0.25, 0.3) is 16.9 Å². The molecule has 3 N–H and O–H groups in total. The van der Waals surface area contributed by atoms with E-state index in [4.69, 9.17) is 10.5 Å². The second-order valence-corrected chi connectivity index (χ2v) is 4.57. The van der Waals surface area contributed by atoms with Crippen molar-refractivity contribution in [3.63, 3.8) is 0 Å². The molecule has 0 aromatic carbocycles. The summed E-state index contributed by atoms with van der Waals surface area (Å²) >= 11 is 0. The fraction of sp³-hybridized carbons (Fsp3) is 0.214. The van der Waals surface area contributed by atoms with Gasteiger partial charge in [0.15, 0.2) is 5.82 Å². The average Bonchev–Trinajstić information content (AvgIpc) is 3.14. The van der Waals surface area contributed by atoms with Crippen molar-refractivity contribution in [3.8, 4) is 22.7 Å². The monoisotopic (exact) mass is 284 g/mol. The maximum atomic E-state index is 5.81. The number of hydrogen-bond donors (Lipinski definition) is 2. The van der Waals surface area contributed by atoms with E-state index in [-0.39, 0.29) is 0 Å². The average molecular weight is 284 g/mol. The highest BCUT2D eigenvalue weighted by Gasteiger charge is 2.09. The molecule has 21 heavy (non-hydrogen) atoms. The molecule has 108 valence electrons. The van der Waals surface area contributed by atoms with Gasteiger partial charge in [-0.2, -0.15) is 10.2 Å². The Morgan fingerprint density at radius 2 is 2.29 bits per heavy atom. The summed E-state index contributed by atoms with van der Waals surface area (Å²) in [5.41, 5.74) is 7.51. The Morgan fingerprint density at radius 1 is 1.38 bits per heavy atom. The van der Waals surface area contributed by atoms with Crippen LogP contribution in [-0.2, 0) is 0 Å². The van der Waals surface area contributed by atoms with Gasteiger partial charge in [-0.3, -0.25) is 5.10 Å². The first-order chi connectivity index (χ1) is 10.3. The minimum atomic E-state index is 0.516. The minimum Gasteiger partial charge on any atom is -0.493 e. The zero-order valence-corrected chi connectivity index (χ0v) is 11.7. The Balaban J connectivity index is 1.88. The van der Waals surface area contributed by atoms with E-state index < -0.39 is 0 Å². The first-order valence-electron chi connectivity index (χ1n) is 6.71. The maximum Gasteiger partial charge on any atom is 0.156 e. The maximum absolute atomic E-state index is 5.81.